The van der Waals surface area contributed by atoms with Gasteiger partial charge in [0.1, 0.15) is 12.4 Å². The van der Waals surface area contributed by atoms with E-state index in [2.05, 4.69) is 11.9 Å². The predicted octanol–water partition coefficient (Wildman–Crippen LogP) is 1.60. The number of nitrogens with one attached hydrogen (secondary N) is 1. The zero-order valence-electron chi connectivity index (χ0n) is 11.4. The summed E-state index contributed by atoms with van der Waals surface area (Å²) in [5, 5.41) is 2.73. The number of nitrogen functional groups attached to an aromatic ring is 1. The highest BCUT2D eigenvalue weighted by molar-refractivity contribution is 5.95. The summed E-state index contributed by atoms with van der Waals surface area (Å²) >= 11 is 0. The first-order chi connectivity index (χ1) is 9.04. The van der Waals surface area contributed by atoms with Gasteiger partial charge in [0, 0.05) is 19.2 Å². The number of methoxy groups -OCH3 is 1. The number of hydrogen-bond donors (Lipinski definition) is 2. The van der Waals surface area contributed by atoms with E-state index >= 15 is 0 Å². The Morgan fingerprint density at radius 2 is 2.21 bits per heavy atom. The quantitative estimate of drug-likeness (QED) is 0.445. The van der Waals surface area contributed by atoms with Crippen molar-refractivity contribution in [1.29, 1.82) is 0 Å². The number of nitrogens with two attached hydrogens (primary N) is 1. The van der Waals surface area contributed by atoms with Crippen molar-refractivity contribution in [3.05, 3.63) is 35.9 Å². The molecule has 0 unspecified atom stereocenters. The van der Waals surface area contributed by atoms with E-state index in [-0.39, 0.29) is 5.91 Å². The summed E-state index contributed by atoms with van der Waals surface area (Å²) < 4.78 is 10.4. The Labute approximate surface area is 113 Å². The van der Waals surface area contributed by atoms with Gasteiger partial charge in [0.05, 0.1) is 12.3 Å². The van der Waals surface area contributed by atoms with Gasteiger partial charge >= 0.3 is 0 Å². The van der Waals surface area contributed by atoms with Gasteiger partial charge in [0.25, 0.3) is 5.91 Å². The molecule has 0 saturated heterocycles. The molecule has 0 spiro atoms. The van der Waals surface area contributed by atoms with Crippen LogP contribution in [0.25, 0.3) is 0 Å². The molecule has 0 aliphatic rings. The van der Waals surface area contributed by atoms with E-state index in [9.17, 15) is 4.79 Å². The monoisotopic (exact) mass is 264 g/mol. The molecule has 0 bridgehead atoms. The molecule has 5 nitrogen and oxygen atoms in total. The number of amides is 1. The normalized spacial score (nSPS) is 10.0. The van der Waals surface area contributed by atoms with E-state index in [1.165, 1.54) is 0 Å². The van der Waals surface area contributed by atoms with Crippen LogP contribution in [0.15, 0.2) is 30.4 Å². The van der Waals surface area contributed by atoms with E-state index in [1.807, 2.05) is 6.92 Å². The third-order valence-corrected chi connectivity index (χ3v) is 2.34. The molecule has 3 N–H and O–H groups in total. The van der Waals surface area contributed by atoms with Gasteiger partial charge in [0.2, 0.25) is 0 Å². The first kappa shape index (κ1) is 15.0. The molecule has 0 atom stereocenters. The molecule has 0 aliphatic heterocycles. The number of ether oxygens (including phenoxy) is 2. The van der Waals surface area contributed by atoms with Crippen LogP contribution in [0.3, 0.4) is 0 Å². The van der Waals surface area contributed by atoms with Gasteiger partial charge in [0.15, 0.2) is 0 Å². The summed E-state index contributed by atoms with van der Waals surface area (Å²) in [6, 6.07) is 4.94. The highest BCUT2D eigenvalue weighted by Gasteiger charge is 2.09. The average Bonchev–Trinajstić information content (AvgIpc) is 2.37. The number of rotatable bonds is 7. The van der Waals surface area contributed by atoms with Gasteiger partial charge in [-0.05, 0) is 30.7 Å². The lowest BCUT2D eigenvalue weighted by molar-refractivity contribution is 0.0936. The Bertz CT molecular complexity index is 458. The lowest BCUT2D eigenvalue weighted by atomic mass is 10.1. The van der Waals surface area contributed by atoms with E-state index in [4.69, 9.17) is 15.2 Å². The Hall–Kier alpha value is -2.01. The number of anilines is 1. The summed E-state index contributed by atoms with van der Waals surface area (Å²) in [5.74, 6) is 0.305. The molecule has 104 valence electrons. The van der Waals surface area contributed by atoms with Crippen molar-refractivity contribution in [1.82, 2.24) is 5.32 Å². The Kier molecular flexibility index (Phi) is 5.89. The Morgan fingerprint density at radius 1 is 1.47 bits per heavy atom. The van der Waals surface area contributed by atoms with Gasteiger partial charge < -0.3 is 20.5 Å². The van der Waals surface area contributed by atoms with Gasteiger partial charge in [-0.2, -0.15) is 0 Å². The standard InChI is InChI=1S/C14H20N2O3/c1-10(2)9-19-13-8-11(4-5-12(13)15)14(17)16-6-7-18-3/h4-5,8H,1,6-7,9,15H2,2-3H3,(H,16,17). The fourth-order valence-corrected chi connectivity index (χ4v) is 1.37. The number of carbonyl (C=O) groups excluding carboxylic acids is 1. The zero-order valence-corrected chi connectivity index (χ0v) is 11.4. The Balaban J connectivity index is 2.71. The third-order valence-electron chi connectivity index (χ3n) is 2.34. The van der Waals surface area contributed by atoms with E-state index in [0.29, 0.717) is 36.8 Å². The maximum absolute atomic E-state index is 11.8. The zero-order chi connectivity index (χ0) is 14.3. The maximum atomic E-state index is 11.8. The van der Waals surface area contributed by atoms with E-state index in [1.54, 1.807) is 25.3 Å². The third kappa shape index (κ3) is 5.01. The molecule has 0 fully saturated rings. The summed E-state index contributed by atoms with van der Waals surface area (Å²) in [7, 11) is 1.58. The molecule has 0 aliphatic carbocycles. The van der Waals surface area contributed by atoms with Crippen molar-refractivity contribution in [3.8, 4) is 5.75 Å². The SMILES string of the molecule is C=C(C)COc1cc(C(=O)NCCOC)ccc1N. The molecule has 0 saturated carbocycles. The molecule has 0 radical (unpaired) electrons. The maximum Gasteiger partial charge on any atom is 0.251 e. The summed E-state index contributed by atoms with van der Waals surface area (Å²) in [6.07, 6.45) is 0. The highest BCUT2D eigenvalue weighted by atomic mass is 16.5. The summed E-state index contributed by atoms with van der Waals surface area (Å²) in [5.41, 5.74) is 7.67. The lowest BCUT2D eigenvalue weighted by Crippen LogP contribution is -2.26. The van der Waals surface area contributed by atoms with Crippen LogP contribution in [0.5, 0.6) is 5.75 Å². The fraction of sp³-hybridized carbons (Fsp3) is 0.357. The van der Waals surface area contributed by atoms with Crippen LogP contribution < -0.4 is 15.8 Å². The molecule has 5 heteroatoms. The van der Waals surface area contributed by atoms with Crippen molar-refractivity contribution < 1.29 is 14.3 Å². The minimum Gasteiger partial charge on any atom is -0.487 e. The fourth-order valence-electron chi connectivity index (χ4n) is 1.37. The molecule has 1 aromatic rings. The van der Waals surface area contributed by atoms with Crippen molar-refractivity contribution >= 4 is 11.6 Å². The molecule has 19 heavy (non-hydrogen) atoms. The van der Waals surface area contributed by atoms with Crippen LogP contribution in [0.4, 0.5) is 5.69 Å². The topological polar surface area (TPSA) is 73.6 Å². The highest BCUT2D eigenvalue weighted by Crippen LogP contribution is 2.23. The molecule has 1 amide bonds. The van der Waals surface area contributed by atoms with Crippen molar-refractivity contribution in [2.75, 3.05) is 32.6 Å². The lowest BCUT2D eigenvalue weighted by Gasteiger charge is -2.11. The second-order valence-corrected chi connectivity index (χ2v) is 4.25. The molecular weight excluding hydrogens is 244 g/mol. The van der Waals surface area contributed by atoms with Gasteiger partial charge in [-0.1, -0.05) is 6.58 Å². The molecule has 1 aromatic carbocycles. The molecule has 0 aromatic heterocycles. The van der Waals surface area contributed by atoms with Crippen LogP contribution in [-0.4, -0.2) is 32.8 Å². The summed E-state index contributed by atoms with van der Waals surface area (Å²) in [4.78, 5) is 11.8. The van der Waals surface area contributed by atoms with Crippen LogP contribution in [0.1, 0.15) is 17.3 Å². The second kappa shape index (κ2) is 7.43. The van der Waals surface area contributed by atoms with Crippen LogP contribution in [0, 0.1) is 0 Å². The molecule has 1 rings (SSSR count). The number of hydrogen-bond acceptors (Lipinski definition) is 4. The van der Waals surface area contributed by atoms with E-state index in [0.717, 1.165) is 5.57 Å². The minimum atomic E-state index is -0.183. The van der Waals surface area contributed by atoms with Gasteiger partial charge in [-0.15, -0.1) is 0 Å². The molecular formula is C14H20N2O3. The van der Waals surface area contributed by atoms with Crippen molar-refractivity contribution in [2.24, 2.45) is 0 Å². The first-order valence-corrected chi connectivity index (χ1v) is 5.98. The molecule has 0 heterocycles. The minimum absolute atomic E-state index is 0.183. The second-order valence-electron chi connectivity index (χ2n) is 4.25. The van der Waals surface area contributed by atoms with Crippen LogP contribution >= 0.6 is 0 Å². The summed E-state index contributed by atoms with van der Waals surface area (Å²) in [6.45, 7) is 6.91. The Morgan fingerprint density at radius 3 is 2.84 bits per heavy atom. The predicted molar refractivity (Wildman–Crippen MR) is 75.4 cm³/mol. The van der Waals surface area contributed by atoms with Crippen molar-refractivity contribution in [2.45, 2.75) is 6.92 Å². The van der Waals surface area contributed by atoms with Gasteiger partial charge in [-0.25, -0.2) is 0 Å². The van der Waals surface area contributed by atoms with Crippen molar-refractivity contribution in [3.63, 3.8) is 0 Å². The van der Waals surface area contributed by atoms with Crippen LogP contribution in [-0.2, 0) is 4.74 Å². The average molecular weight is 264 g/mol. The largest absolute Gasteiger partial charge is 0.487 e. The first-order valence-electron chi connectivity index (χ1n) is 5.98. The number of benzene rings is 1. The number of carbonyl (C=O) groups is 1. The van der Waals surface area contributed by atoms with Crippen LogP contribution in [0.2, 0.25) is 0 Å². The van der Waals surface area contributed by atoms with E-state index < -0.39 is 0 Å². The van der Waals surface area contributed by atoms with Gasteiger partial charge in [-0.3, -0.25) is 4.79 Å². The smallest absolute Gasteiger partial charge is 0.251 e.